The molecule has 0 aromatic heterocycles. The third kappa shape index (κ3) is 5.12. The minimum absolute atomic E-state index is 0.0195. The second-order valence-corrected chi connectivity index (χ2v) is 7.58. The fourth-order valence-corrected chi connectivity index (χ4v) is 2.78. The van der Waals surface area contributed by atoms with Gasteiger partial charge in [-0.3, -0.25) is 9.36 Å². The van der Waals surface area contributed by atoms with Crippen molar-refractivity contribution < 1.29 is 24.2 Å². The molecule has 0 rings (SSSR count). The second kappa shape index (κ2) is 6.71. The van der Waals surface area contributed by atoms with Gasteiger partial charge in [-0.15, -0.1) is 0 Å². The maximum atomic E-state index is 11.8. The standard InChI is InChI=1S/C9H20N3O5PS/c1-5(10)18(16,17)4-9(2,8(14)15)12-7(13)6(11)3-19/h5-6,19H,3-4,10-11H2,1-2H3,(H,12,13)(H,14,15)(H,16,17)/t5?,6-,9?/m1/s1. The Bertz CT molecular complexity index is 405. The highest BCUT2D eigenvalue weighted by atomic mass is 32.1. The molecule has 0 bridgehead atoms. The molecule has 0 aliphatic rings. The van der Waals surface area contributed by atoms with Crippen molar-refractivity contribution in [2.75, 3.05) is 11.9 Å². The summed E-state index contributed by atoms with van der Waals surface area (Å²) in [4.78, 5) is 32.5. The molecule has 10 heteroatoms. The monoisotopic (exact) mass is 313 g/mol. The first-order valence-corrected chi connectivity index (χ1v) is 8.00. The van der Waals surface area contributed by atoms with Crippen LogP contribution in [0.4, 0.5) is 0 Å². The van der Waals surface area contributed by atoms with Gasteiger partial charge in [0.05, 0.1) is 18.0 Å². The van der Waals surface area contributed by atoms with Gasteiger partial charge in [-0.25, -0.2) is 4.79 Å². The molecule has 7 N–H and O–H groups in total. The van der Waals surface area contributed by atoms with Crippen LogP contribution in [0.3, 0.4) is 0 Å². The molecule has 0 aromatic rings. The Morgan fingerprint density at radius 1 is 1.47 bits per heavy atom. The summed E-state index contributed by atoms with van der Waals surface area (Å²) in [6.45, 7) is 2.42. The van der Waals surface area contributed by atoms with Crippen molar-refractivity contribution in [3.8, 4) is 0 Å². The number of carbonyl (C=O) groups excluding carboxylic acids is 1. The summed E-state index contributed by atoms with van der Waals surface area (Å²) in [5.41, 5.74) is 8.83. The Morgan fingerprint density at radius 2 is 1.95 bits per heavy atom. The molecule has 19 heavy (non-hydrogen) atoms. The van der Waals surface area contributed by atoms with Crippen LogP contribution in [-0.2, 0) is 14.2 Å². The van der Waals surface area contributed by atoms with E-state index >= 15 is 0 Å². The van der Waals surface area contributed by atoms with Gasteiger partial charge < -0.3 is 26.8 Å². The lowest BCUT2D eigenvalue weighted by atomic mass is 10.1. The van der Waals surface area contributed by atoms with Crippen molar-refractivity contribution in [3.63, 3.8) is 0 Å². The third-order valence-electron chi connectivity index (χ3n) is 2.58. The SMILES string of the molecule is CC(N)P(=O)(O)CC(C)(NC(=O)[C@H](N)CS)C(=O)O. The fourth-order valence-electron chi connectivity index (χ4n) is 1.21. The first-order chi connectivity index (χ1) is 8.46. The quantitative estimate of drug-likeness (QED) is 0.254. The van der Waals surface area contributed by atoms with Crippen LogP contribution >= 0.6 is 20.0 Å². The molecule has 8 nitrogen and oxygen atoms in total. The number of carboxylic acid groups (broad SMARTS) is 1. The molecule has 0 heterocycles. The van der Waals surface area contributed by atoms with Gasteiger partial charge in [0.1, 0.15) is 5.54 Å². The average molecular weight is 313 g/mol. The summed E-state index contributed by atoms with van der Waals surface area (Å²) < 4.78 is 11.8. The summed E-state index contributed by atoms with van der Waals surface area (Å²) in [7, 11) is -3.91. The summed E-state index contributed by atoms with van der Waals surface area (Å²) in [6.07, 6.45) is -0.683. The highest BCUT2D eigenvalue weighted by Crippen LogP contribution is 2.46. The van der Waals surface area contributed by atoms with Crippen LogP contribution in [0.15, 0.2) is 0 Å². The van der Waals surface area contributed by atoms with Crippen molar-refractivity contribution in [1.29, 1.82) is 0 Å². The zero-order valence-electron chi connectivity index (χ0n) is 10.7. The maximum absolute atomic E-state index is 11.8. The number of carbonyl (C=O) groups is 2. The molecule has 0 saturated heterocycles. The molecule has 112 valence electrons. The molecule has 0 aliphatic carbocycles. The van der Waals surface area contributed by atoms with Crippen LogP contribution < -0.4 is 16.8 Å². The van der Waals surface area contributed by atoms with Gasteiger partial charge in [0.2, 0.25) is 13.3 Å². The van der Waals surface area contributed by atoms with E-state index < -0.39 is 42.8 Å². The molecule has 3 unspecified atom stereocenters. The van der Waals surface area contributed by atoms with E-state index in [-0.39, 0.29) is 5.75 Å². The Balaban J connectivity index is 5.14. The molecule has 4 atom stereocenters. The highest BCUT2D eigenvalue weighted by molar-refractivity contribution is 7.80. The smallest absolute Gasteiger partial charge is 0.329 e. The lowest BCUT2D eigenvalue weighted by Gasteiger charge is -2.30. The van der Waals surface area contributed by atoms with Crippen LogP contribution in [0.25, 0.3) is 0 Å². The summed E-state index contributed by atoms with van der Waals surface area (Å²) in [5, 5.41) is 11.3. The summed E-state index contributed by atoms with van der Waals surface area (Å²) >= 11 is 3.82. The zero-order valence-corrected chi connectivity index (χ0v) is 12.5. The number of amides is 1. The van der Waals surface area contributed by atoms with Crippen molar-refractivity contribution in [3.05, 3.63) is 0 Å². The maximum Gasteiger partial charge on any atom is 0.329 e. The predicted octanol–water partition coefficient (Wildman–Crippen LogP) is -1.22. The second-order valence-electron chi connectivity index (χ2n) is 4.57. The van der Waals surface area contributed by atoms with Gasteiger partial charge in [-0.2, -0.15) is 12.6 Å². The van der Waals surface area contributed by atoms with E-state index in [9.17, 15) is 19.0 Å². The largest absolute Gasteiger partial charge is 0.479 e. The van der Waals surface area contributed by atoms with E-state index in [0.717, 1.165) is 6.92 Å². The molecule has 1 amide bonds. The Morgan fingerprint density at radius 3 is 2.26 bits per heavy atom. The predicted molar refractivity (Wildman–Crippen MR) is 74.4 cm³/mol. The van der Waals surface area contributed by atoms with Crippen molar-refractivity contribution in [2.45, 2.75) is 31.2 Å². The number of hydrogen-bond donors (Lipinski definition) is 6. The first kappa shape index (κ1) is 18.4. The van der Waals surface area contributed by atoms with Crippen molar-refractivity contribution in [1.82, 2.24) is 5.32 Å². The number of nitrogens with one attached hydrogen (secondary N) is 1. The number of nitrogens with two attached hydrogens (primary N) is 2. The minimum atomic E-state index is -3.91. The van der Waals surface area contributed by atoms with Crippen LogP contribution in [0.1, 0.15) is 13.8 Å². The van der Waals surface area contributed by atoms with Gasteiger partial charge in [0.25, 0.3) is 0 Å². The minimum Gasteiger partial charge on any atom is -0.479 e. The number of thiol groups is 1. The fraction of sp³-hybridized carbons (Fsp3) is 0.778. The molecule has 0 fully saturated rings. The van der Waals surface area contributed by atoms with Gasteiger partial charge in [0, 0.05) is 5.75 Å². The van der Waals surface area contributed by atoms with Gasteiger partial charge >= 0.3 is 5.97 Å². The van der Waals surface area contributed by atoms with Crippen LogP contribution in [0.2, 0.25) is 0 Å². The van der Waals surface area contributed by atoms with Gasteiger partial charge in [-0.1, -0.05) is 0 Å². The first-order valence-electron chi connectivity index (χ1n) is 5.45. The Labute approximate surface area is 116 Å². The van der Waals surface area contributed by atoms with Crippen LogP contribution in [-0.4, -0.2) is 51.2 Å². The van der Waals surface area contributed by atoms with Crippen LogP contribution in [0.5, 0.6) is 0 Å². The van der Waals surface area contributed by atoms with Gasteiger partial charge in [-0.05, 0) is 13.8 Å². The highest BCUT2D eigenvalue weighted by Gasteiger charge is 2.43. The third-order valence-corrected chi connectivity index (χ3v) is 5.34. The van der Waals surface area contributed by atoms with E-state index in [1.807, 2.05) is 0 Å². The number of hydrogen-bond acceptors (Lipinski definition) is 6. The van der Waals surface area contributed by atoms with Crippen molar-refractivity contribution >= 4 is 31.9 Å². The Hall–Kier alpha value is -0.600. The summed E-state index contributed by atoms with van der Waals surface area (Å²) in [6, 6.07) is -1.00. The lowest BCUT2D eigenvalue weighted by molar-refractivity contribution is -0.146. The van der Waals surface area contributed by atoms with E-state index in [2.05, 4.69) is 17.9 Å². The van der Waals surface area contributed by atoms with Crippen LogP contribution in [0, 0.1) is 0 Å². The van der Waals surface area contributed by atoms with E-state index in [1.54, 1.807) is 0 Å². The Kier molecular flexibility index (Phi) is 6.50. The normalized spacial score (nSPS) is 20.7. The summed E-state index contributed by atoms with van der Waals surface area (Å²) in [5.74, 6) is -3.28. The van der Waals surface area contributed by atoms with E-state index in [1.165, 1.54) is 6.92 Å². The topological polar surface area (TPSA) is 156 Å². The molecular weight excluding hydrogens is 293 g/mol. The molecule has 0 spiro atoms. The molecule has 0 aliphatic heterocycles. The van der Waals surface area contributed by atoms with Crippen molar-refractivity contribution in [2.24, 2.45) is 11.5 Å². The molecule has 0 radical (unpaired) electrons. The molecule has 0 saturated carbocycles. The number of carboxylic acids is 1. The van der Waals surface area contributed by atoms with E-state index in [0.29, 0.717) is 0 Å². The van der Waals surface area contributed by atoms with E-state index in [4.69, 9.17) is 16.6 Å². The molecule has 0 aromatic carbocycles. The number of aliphatic carboxylic acids is 1. The zero-order chi connectivity index (χ0) is 15.4. The number of rotatable bonds is 7. The molecular formula is C9H20N3O5PS. The lowest BCUT2D eigenvalue weighted by Crippen LogP contribution is -2.59. The average Bonchev–Trinajstić information content (AvgIpc) is 2.26. The van der Waals surface area contributed by atoms with Gasteiger partial charge in [0.15, 0.2) is 0 Å².